The van der Waals surface area contributed by atoms with E-state index in [1.807, 2.05) is 17.1 Å². The second kappa shape index (κ2) is 8.27. The molecule has 0 fully saturated rings. The highest BCUT2D eigenvalue weighted by molar-refractivity contribution is 5.03. The molecule has 0 saturated heterocycles. The number of ether oxygens (including phenoxy) is 2. The van der Waals surface area contributed by atoms with E-state index >= 15 is 0 Å². The van der Waals surface area contributed by atoms with Gasteiger partial charge in [0, 0.05) is 26.5 Å². The molecule has 92 valence electrons. The number of methoxy groups -OCH3 is 1. The first-order valence-corrected chi connectivity index (χ1v) is 5.65. The van der Waals surface area contributed by atoms with Crippen LogP contribution in [-0.4, -0.2) is 43.3 Å². The monoisotopic (exact) mass is 227 g/mol. The fraction of sp³-hybridized carbons (Fsp3) is 0.727. The second-order valence-corrected chi connectivity index (χ2v) is 3.61. The highest BCUT2D eigenvalue weighted by atomic mass is 16.5. The third kappa shape index (κ3) is 5.25. The van der Waals surface area contributed by atoms with E-state index < -0.39 is 0 Å². The standard InChI is InChI=1S/C11H21N3O2/c1-15-6-2-7-16-8-5-14-10-11(3-4-12)9-13-14/h9-10H,2-8,12H2,1H3. The van der Waals surface area contributed by atoms with Gasteiger partial charge in [-0.15, -0.1) is 0 Å². The molecule has 0 aliphatic carbocycles. The number of rotatable bonds is 9. The van der Waals surface area contributed by atoms with Crippen LogP contribution in [0.25, 0.3) is 0 Å². The Morgan fingerprint density at radius 1 is 1.38 bits per heavy atom. The molecule has 0 amide bonds. The van der Waals surface area contributed by atoms with Crippen molar-refractivity contribution in [2.24, 2.45) is 5.73 Å². The summed E-state index contributed by atoms with van der Waals surface area (Å²) in [5.41, 5.74) is 6.65. The molecule has 1 aromatic rings. The zero-order valence-corrected chi connectivity index (χ0v) is 9.89. The summed E-state index contributed by atoms with van der Waals surface area (Å²) in [5, 5.41) is 4.23. The first-order chi connectivity index (χ1) is 7.86. The summed E-state index contributed by atoms with van der Waals surface area (Å²) in [6, 6.07) is 0. The summed E-state index contributed by atoms with van der Waals surface area (Å²) in [6.07, 6.45) is 5.70. The van der Waals surface area contributed by atoms with E-state index in [0.29, 0.717) is 13.2 Å². The van der Waals surface area contributed by atoms with E-state index in [2.05, 4.69) is 5.10 Å². The Morgan fingerprint density at radius 3 is 3.00 bits per heavy atom. The van der Waals surface area contributed by atoms with E-state index in [-0.39, 0.29) is 0 Å². The largest absolute Gasteiger partial charge is 0.385 e. The maximum atomic E-state index is 5.46. The molecule has 0 aromatic carbocycles. The molecule has 0 atom stereocenters. The van der Waals surface area contributed by atoms with E-state index in [0.717, 1.165) is 32.6 Å². The summed E-state index contributed by atoms with van der Waals surface area (Å²) in [7, 11) is 1.70. The van der Waals surface area contributed by atoms with E-state index in [1.165, 1.54) is 5.56 Å². The Bertz CT molecular complexity index is 276. The predicted octanol–water partition coefficient (Wildman–Crippen LogP) is 0.437. The summed E-state index contributed by atoms with van der Waals surface area (Å²) < 4.78 is 12.3. The minimum Gasteiger partial charge on any atom is -0.385 e. The molecule has 1 rings (SSSR count). The average Bonchev–Trinajstić information content (AvgIpc) is 2.72. The van der Waals surface area contributed by atoms with Crippen molar-refractivity contribution in [2.75, 3.05) is 33.5 Å². The Hall–Kier alpha value is -0.910. The molecular weight excluding hydrogens is 206 g/mol. The summed E-state index contributed by atoms with van der Waals surface area (Å²) in [5.74, 6) is 0. The Kier molecular flexibility index (Phi) is 6.80. The zero-order valence-electron chi connectivity index (χ0n) is 9.89. The van der Waals surface area contributed by atoms with Gasteiger partial charge >= 0.3 is 0 Å². The van der Waals surface area contributed by atoms with Crippen molar-refractivity contribution in [3.63, 3.8) is 0 Å². The van der Waals surface area contributed by atoms with Gasteiger partial charge in [0.25, 0.3) is 0 Å². The van der Waals surface area contributed by atoms with Gasteiger partial charge in [-0.2, -0.15) is 5.10 Å². The molecule has 0 radical (unpaired) electrons. The Balaban J connectivity index is 2.07. The highest BCUT2D eigenvalue weighted by Crippen LogP contribution is 1.97. The minimum atomic E-state index is 0.666. The van der Waals surface area contributed by atoms with Crippen molar-refractivity contribution in [2.45, 2.75) is 19.4 Å². The van der Waals surface area contributed by atoms with Gasteiger partial charge in [0.15, 0.2) is 0 Å². The van der Waals surface area contributed by atoms with Gasteiger partial charge in [-0.1, -0.05) is 0 Å². The van der Waals surface area contributed by atoms with Crippen molar-refractivity contribution < 1.29 is 9.47 Å². The second-order valence-electron chi connectivity index (χ2n) is 3.61. The molecule has 0 unspecified atom stereocenters. The molecule has 1 aromatic heterocycles. The van der Waals surface area contributed by atoms with Crippen LogP contribution < -0.4 is 5.73 Å². The SMILES string of the molecule is COCCCOCCn1cc(CCN)cn1. The van der Waals surface area contributed by atoms with Crippen LogP contribution in [-0.2, 0) is 22.4 Å². The molecule has 0 aliphatic heterocycles. The minimum absolute atomic E-state index is 0.666. The molecule has 16 heavy (non-hydrogen) atoms. The summed E-state index contributed by atoms with van der Waals surface area (Å²) >= 11 is 0. The third-order valence-electron chi connectivity index (χ3n) is 2.22. The molecule has 1 heterocycles. The van der Waals surface area contributed by atoms with E-state index in [4.69, 9.17) is 15.2 Å². The van der Waals surface area contributed by atoms with Gasteiger partial charge in [0.1, 0.15) is 0 Å². The van der Waals surface area contributed by atoms with Gasteiger partial charge < -0.3 is 15.2 Å². The van der Waals surface area contributed by atoms with Crippen LogP contribution in [0.1, 0.15) is 12.0 Å². The Morgan fingerprint density at radius 2 is 2.25 bits per heavy atom. The van der Waals surface area contributed by atoms with Crippen molar-refractivity contribution in [3.05, 3.63) is 18.0 Å². The molecule has 0 aliphatic rings. The van der Waals surface area contributed by atoms with Crippen LogP contribution in [0.15, 0.2) is 12.4 Å². The van der Waals surface area contributed by atoms with Gasteiger partial charge in [-0.05, 0) is 24.9 Å². The molecule has 2 N–H and O–H groups in total. The third-order valence-corrected chi connectivity index (χ3v) is 2.22. The van der Waals surface area contributed by atoms with Crippen LogP contribution in [0.4, 0.5) is 0 Å². The summed E-state index contributed by atoms with van der Waals surface area (Å²) in [6.45, 7) is 3.64. The maximum absolute atomic E-state index is 5.46. The smallest absolute Gasteiger partial charge is 0.0662 e. The average molecular weight is 227 g/mol. The molecular formula is C11H21N3O2. The fourth-order valence-electron chi connectivity index (χ4n) is 1.39. The van der Waals surface area contributed by atoms with Gasteiger partial charge in [0.05, 0.1) is 19.3 Å². The van der Waals surface area contributed by atoms with E-state index in [1.54, 1.807) is 7.11 Å². The first-order valence-electron chi connectivity index (χ1n) is 5.65. The van der Waals surface area contributed by atoms with Crippen molar-refractivity contribution in [1.29, 1.82) is 0 Å². The van der Waals surface area contributed by atoms with Gasteiger partial charge in [-0.3, -0.25) is 4.68 Å². The molecule has 5 nitrogen and oxygen atoms in total. The number of nitrogens with two attached hydrogens (primary N) is 1. The van der Waals surface area contributed by atoms with Crippen molar-refractivity contribution in [1.82, 2.24) is 9.78 Å². The lowest BCUT2D eigenvalue weighted by atomic mass is 10.3. The van der Waals surface area contributed by atoms with Crippen LogP contribution in [0.2, 0.25) is 0 Å². The van der Waals surface area contributed by atoms with Gasteiger partial charge in [-0.25, -0.2) is 0 Å². The Labute approximate surface area is 96.5 Å². The lowest BCUT2D eigenvalue weighted by Gasteiger charge is -2.03. The number of nitrogens with zero attached hydrogens (tertiary/aromatic N) is 2. The van der Waals surface area contributed by atoms with Crippen LogP contribution in [0.3, 0.4) is 0 Å². The molecule has 0 bridgehead atoms. The van der Waals surface area contributed by atoms with Crippen LogP contribution in [0, 0.1) is 0 Å². The van der Waals surface area contributed by atoms with Gasteiger partial charge in [0.2, 0.25) is 0 Å². The maximum Gasteiger partial charge on any atom is 0.0662 e. The number of aromatic nitrogens is 2. The summed E-state index contributed by atoms with van der Waals surface area (Å²) in [4.78, 5) is 0. The number of hydrogen-bond donors (Lipinski definition) is 1. The molecule has 5 heteroatoms. The van der Waals surface area contributed by atoms with Crippen LogP contribution >= 0.6 is 0 Å². The fourth-order valence-corrected chi connectivity index (χ4v) is 1.39. The topological polar surface area (TPSA) is 62.3 Å². The lowest BCUT2D eigenvalue weighted by Crippen LogP contribution is -2.08. The quantitative estimate of drug-likeness (QED) is 0.622. The zero-order chi connectivity index (χ0) is 11.6. The highest BCUT2D eigenvalue weighted by Gasteiger charge is 1.97. The van der Waals surface area contributed by atoms with Crippen molar-refractivity contribution >= 4 is 0 Å². The number of hydrogen-bond acceptors (Lipinski definition) is 4. The first kappa shape index (κ1) is 13.2. The predicted molar refractivity (Wildman–Crippen MR) is 62.3 cm³/mol. The molecule has 0 saturated carbocycles. The van der Waals surface area contributed by atoms with E-state index in [9.17, 15) is 0 Å². The normalized spacial score (nSPS) is 10.9. The molecule has 0 spiro atoms. The van der Waals surface area contributed by atoms with Crippen molar-refractivity contribution in [3.8, 4) is 0 Å². The lowest BCUT2D eigenvalue weighted by molar-refractivity contribution is 0.0961. The van der Waals surface area contributed by atoms with Crippen LogP contribution in [0.5, 0.6) is 0 Å².